The van der Waals surface area contributed by atoms with Gasteiger partial charge in [-0.05, 0) is 6.42 Å². The van der Waals surface area contributed by atoms with Crippen molar-refractivity contribution in [3.63, 3.8) is 0 Å². The SMILES string of the molecule is Cn1c(=O)n2c3c(ncnc31)NCCC2. The van der Waals surface area contributed by atoms with Crippen molar-refractivity contribution in [1.29, 1.82) is 0 Å². The number of aromatic nitrogens is 4. The third kappa shape index (κ3) is 1.01. The minimum atomic E-state index is -0.0181. The summed E-state index contributed by atoms with van der Waals surface area (Å²) in [5.41, 5.74) is 1.50. The second-order valence-corrected chi connectivity index (χ2v) is 3.67. The van der Waals surface area contributed by atoms with Crippen molar-refractivity contribution in [1.82, 2.24) is 19.1 Å². The Balaban J connectivity index is 2.52. The second-order valence-electron chi connectivity index (χ2n) is 3.67. The van der Waals surface area contributed by atoms with Gasteiger partial charge in [-0.25, -0.2) is 14.8 Å². The molecule has 0 fully saturated rings. The van der Waals surface area contributed by atoms with Gasteiger partial charge in [-0.2, -0.15) is 0 Å². The van der Waals surface area contributed by atoms with Crippen molar-refractivity contribution >= 4 is 17.0 Å². The van der Waals surface area contributed by atoms with Crippen molar-refractivity contribution in [3.8, 4) is 0 Å². The number of aryl methyl sites for hydroxylation is 2. The third-order valence-electron chi connectivity index (χ3n) is 2.76. The molecule has 2 aromatic rings. The van der Waals surface area contributed by atoms with E-state index >= 15 is 0 Å². The number of hydrogen-bond donors (Lipinski definition) is 1. The molecule has 0 spiro atoms. The Morgan fingerprint density at radius 1 is 1.47 bits per heavy atom. The molecule has 0 bridgehead atoms. The quantitative estimate of drug-likeness (QED) is 0.654. The molecule has 0 aliphatic carbocycles. The molecule has 0 amide bonds. The van der Waals surface area contributed by atoms with Crippen LogP contribution in [0.3, 0.4) is 0 Å². The normalized spacial score (nSPS) is 15.0. The molecule has 3 heterocycles. The first-order valence-electron chi connectivity index (χ1n) is 4.93. The average molecular weight is 205 g/mol. The van der Waals surface area contributed by atoms with Crippen LogP contribution in [0.25, 0.3) is 11.2 Å². The Kier molecular flexibility index (Phi) is 1.59. The van der Waals surface area contributed by atoms with Crippen molar-refractivity contribution in [2.24, 2.45) is 7.05 Å². The van der Waals surface area contributed by atoms with Gasteiger partial charge in [-0.3, -0.25) is 9.13 Å². The minimum absolute atomic E-state index is 0.0181. The van der Waals surface area contributed by atoms with Gasteiger partial charge < -0.3 is 5.32 Å². The first-order valence-corrected chi connectivity index (χ1v) is 4.93. The lowest BCUT2D eigenvalue weighted by molar-refractivity contribution is 0.646. The van der Waals surface area contributed by atoms with E-state index in [0.717, 1.165) is 30.8 Å². The number of hydrogen-bond acceptors (Lipinski definition) is 4. The van der Waals surface area contributed by atoms with Crippen LogP contribution in [0.1, 0.15) is 6.42 Å². The predicted molar refractivity (Wildman–Crippen MR) is 55.9 cm³/mol. The number of nitrogens with one attached hydrogen (secondary N) is 1. The van der Waals surface area contributed by atoms with Gasteiger partial charge in [0.1, 0.15) is 11.8 Å². The van der Waals surface area contributed by atoms with Crippen LogP contribution in [0.4, 0.5) is 5.82 Å². The Bertz CT molecular complexity index is 582. The topological polar surface area (TPSA) is 64.7 Å². The van der Waals surface area contributed by atoms with Crippen LogP contribution in [0.2, 0.25) is 0 Å². The summed E-state index contributed by atoms with van der Waals surface area (Å²) < 4.78 is 3.30. The zero-order valence-corrected chi connectivity index (χ0v) is 8.40. The van der Waals surface area contributed by atoms with Crippen molar-refractivity contribution < 1.29 is 0 Å². The van der Waals surface area contributed by atoms with Gasteiger partial charge in [0.05, 0.1) is 0 Å². The van der Waals surface area contributed by atoms with E-state index in [1.165, 1.54) is 6.33 Å². The molecule has 1 aliphatic rings. The third-order valence-corrected chi connectivity index (χ3v) is 2.76. The fraction of sp³-hybridized carbons (Fsp3) is 0.444. The molecule has 0 radical (unpaired) electrons. The van der Waals surface area contributed by atoms with Crippen LogP contribution >= 0.6 is 0 Å². The Morgan fingerprint density at radius 2 is 2.33 bits per heavy atom. The molecule has 0 unspecified atom stereocenters. The molecule has 6 heteroatoms. The molecule has 0 saturated carbocycles. The molecule has 2 aromatic heterocycles. The maximum absolute atomic E-state index is 11.9. The van der Waals surface area contributed by atoms with Gasteiger partial charge in [-0.1, -0.05) is 0 Å². The fourth-order valence-corrected chi connectivity index (χ4v) is 2.01. The maximum atomic E-state index is 11.9. The van der Waals surface area contributed by atoms with Gasteiger partial charge in [-0.15, -0.1) is 0 Å². The first-order chi connectivity index (χ1) is 7.29. The summed E-state index contributed by atoms with van der Waals surface area (Å²) in [5.74, 6) is 0.759. The van der Waals surface area contributed by atoms with E-state index in [-0.39, 0.29) is 5.69 Å². The van der Waals surface area contributed by atoms with Crippen LogP contribution < -0.4 is 11.0 Å². The molecule has 0 atom stereocenters. The van der Waals surface area contributed by atoms with E-state index < -0.39 is 0 Å². The monoisotopic (exact) mass is 205 g/mol. The maximum Gasteiger partial charge on any atom is 0.330 e. The van der Waals surface area contributed by atoms with E-state index in [4.69, 9.17) is 0 Å². The van der Waals surface area contributed by atoms with Crippen LogP contribution in [0, 0.1) is 0 Å². The molecule has 1 N–H and O–H groups in total. The highest BCUT2D eigenvalue weighted by Crippen LogP contribution is 2.19. The highest BCUT2D eigenvalue weighted by Gasteiger charge is 2.17. The number of imidazole rings is 1. The van der Waals surface area contributed by atoms with E-state index in [2.05, 4.69) is 15.3 Å². The van der Waals surface area contributed by atoms with Crippen molar-refractivity contribution in [2.75, 3.05) is 11.9 Å². The average Bonchev–Trinajstić information content (AvgIpc) is 2.45. The number of rotatable bonds is 0. The first kappa shape index (κ1) is 8.46. The standard InChI is InChI=1S/C9H11N5O/c1-13-8-6-7(11-5-12-8)10-3-2-4-14(6)9(13)15/h5H,2-4H2,1H3,(H,10,11,12). The highest BCUT2D eigenvalue weighted by atomic mass is 16.1. The van der Waals surface area contributed by atoms with Crippen LogP contribution in [-0.2, 0) is 13.6 Å². The molecule has 3 rings (SSSR count). The minimum Gasteiger partial charge on any atom is -0.368 e. The molecule has 0 saturated heterocycles. The zero-order valence-electron chi connectivity index (χ0n) is 8.40. The summed E-state index contributed by atoms with van der Waals surface area (Å²) in [7, 11) is 1.74. The highest BCUT2D eigenvalue weighted by molar-refractivity contribution is 5.83. The summed E-state index contributed by atoms with van der Waals surface area (Å²) in [4.78, 5) is 20.2. The molecule has 6 nitrogen and oxygen atoms in total. The molecular formula is C9H11N5O. The van der Waals surface area contributed by atoms with Crippen LogP contribution in [-0.4, -0.2) is 25.6 Å². The molecule has 1 aliphatic heterocycles. The number of anilines is 1. The lowest BCUT2D eigenvalue weighted by atomic mass is 10.4. The van der Waals surface area contributed by atoms with Gasteiger partial charge in [0, 0.05) is 20.1 Å². The van der Waals surface area contributed by atoms with Crippen LogP contribution in [0.15, 0.2) is 11.1 Å². The summed E-state index contributed by atoms with van der Waals surface area (Å²) in [5, 5.41) is 3.21. The number of nitrogens with zero attached hydrogens (tertiary/aromatic N) is 4. The Labute approximate surface area is 85.6 Å². The Hall–Kier alpha value is -1.85. The largest absolute Gasteiger partial charge is 0.368 e. The van der Waals surface area contributed by atoms with Crippen molar-refractivity contribution in [3.05, 3.63) is 16.8 Å². The van der Waals surface area contributed by atoms with Gasteiger partial charge in [0.2, 0.25) is 0 Å². The fourth-order valence-electron chi connectivity index (χ4n) is 2.01. The lowest BCUT2D eigenvalue weighted by Crippen LogP contribution is -2.22. The molecule has 78 valence electrons. The van der Waals surface area contributed by atoms with Crippen LogP contribution in [0.5, 0.6) is 0 Å². The molecule has 15 heavy (non-hydrogen) atoms. The molecular weight excluding hydrogens is 194 g/mol. The lowest BCUT2D eigenvalue weighted by Gasteiger charge is -2.01. The zero-order chi connectivity index (χ0) is 10.4. The van der Waals surface area contributed by atoms with Gasteiger partial charge in [0.15, 0.2) is 11.5 Å². The van der Waals surface area contributed by atoms with E-state index in [1.54, 1.807) is 16.2 Å². The van der Waals surface area contributed by atoms with Gasteiger partial charge in [0.25, 0.3) is 0 Å². The predicted octanol–water partition coefficient (Wildman–Crippen LogP) is -0.0544. The van der Waals surface area contributed by atoms with Crippen molar-refractivity contribution in [2.45, 2.75) is 13.0 Å². The van der Waals surface area contributed by atoms with E-state index in [0.29, 0.717) is 5.65 Å². The summed E-state index contributed by atoms with van der Waals surface area (Å²) in [6.07, 6.45) is 2.41. The van der Waals surface area contributed by atoms with E-state index in [9.17, 15) is 4.79 Å². The second kappa shape index (κ2) is 2.82. The molecule has 0 aromatic carbocycles. The summed E-state index contributed by atoms with van der Waals surface area (Å²) >= 11 is 0. The van der Waals surface area contributed by atoms with E-state index in [1.807, 2.05) is 0 Å². The van der Waals surface area contributed by atoms with Gasteiger partial charge >= 0.3 is 5.69 Å². The summed E-state index contributed by atoms with van der Waals surface area (Å²) in [6, 6.07) is 0. The smallest absolute Gasteiger partial charge is 0.330 e. The summed E-state index contributed by atoms with van der Waals surface area (Å²) in [6.45, 7) is 1.57. The Morgan fingerprint density at radius 3 is 3.20 bits per heavy atom.